The molecule has 0 aliphatic heterocycles. The maximum Gasteiger partial charge on any atom is 0.351 e. The molecule has 0 fully saturated rings. The van der Waals surface area contributed by atoms with Gasteiger partial charge in [0.1, 0.15) is 0 Å². The third-order valence-electron chi connectivity index (χ3n) is 2.62. The van der Waals surface area contributed by atoms with Crippen molar-refractivity contribution in [2.45, 2.75) is 0 Å². The zero-order valence-corrected chi connectivity index (χ0v) is 9.83. The lowest BCUT2D eigenvalue weighted by Gasteiger charge is -2.00. The largest absolute Gasteiger partial charge is 0.477 e. The van der Waals surface area contributed by atoms with Crippen LogP contribution in [-0.4, -0.2) is 22.2 Å². The summed E-state index contributed by atoms with van der Waals surface area (Å²) in [7, 11) is 0. The van der Waals surface area contributed by atoms with Crippen LogP contribution < -0.4 is 0 Å². The highest BCUT2D eigenvalue weighted by molar-refractivity contribution is 6.12. The molecule has 0 spiro atoms. The molecule has 2 N–H and O–H groups in total. The third-order valence-corrected chi connectivity index (χ3v) is 2.62. The van der Waals surface area contributed by atoms with Crippen LogP contribution in [-0.2, 0) is 9.59 Å². The molecule has 0 unspecified atom stereocenters. The van der Waals surface area contributed by atoms with Crippen molar-refractivity contribution in [1.82, 2.24) is 0 Å². The predicted molar refractivity (Wildman–Crippen MR) is 70.7 cm³/mol. The lowest BCUT2D eigenvalue weighted by Crippen LogP contribution is -2.09. The number of benzene rings is 2. The zero-order valence-electron chi connectivity index (χ0n) is 9.83. The Morgan fingerprint density at radius 3 is 2.26 bits per heavy atom. The van der Waals surface area contributed by atoms with Crippen molar-refractivity contribution in [2.75, 3.05) is 0 Å². The molecule has 0 aliphatic carbocycles. The van der Waals surface area contributed by atoms with Crippen molar-refractivity contribution in [3.63, 3.8) is 0 Å². The molecule has 0 amide bonds. The minimum absolute atomic E-state index is 0.720. The molecule has 4 heteroatoms. The fourth-order valence-electron chi connectivity index (χ4n) is 1.74. The van der Waals surface area contributed by atoms with Gasteiger partial charge >= 0.3 is 11.9 Å². The second kappa shape index (κ2) is 5.21. The summed E-state index contributed by atoms with van der Waals surface area (Å²) in [6, 6.07) is 13.1. The number of hydrogen-bond donors (Lipinski definition) is 2. The van der Waals surface area contributed by atoms with Gasteiger partial charge in [-0.25, -0.2) is 9.59 Å². The molecule has 0 radical (unpaired) electrons. The van der Waals surface area contributed by atoms with Crippen LogP contribution in [0.4, 0.5) is 0 Å². The molecule has 0 heterocycles. The minimum Gasteiger partial charge on any atom is -0.477 e. The molecule has 4 nitrogen and oxygen atoms in total. The maximum atomic E-state index is 10.7. The lowest BCUT2D eigenvalue weighted by atomic mass is 10.0. The first-order chi connectivity index (χ1) is 9.09. The van der Waals surface area contributed by atoms with Crippen molar-refractivity contribution >= 4 is 28.8 Å². The Bertz CT molecular complexity index is 701. The van der Waals surface area contributed by atoms with Gasteiger partial charge in [0.05, 0.1) is 0 Å². The van der Waals surface area contributed by atoms with E-state index in [2.05, 4.69) is 5.73 Å². The van der Waals surface area contributed by atoms with Crippen LogP contribution in [0.5, 0.6) is 0 Å². The van der Waals surface area contributed by atoms with Crippen LogP contribution >= 0.6 is 0 Å². The maximum absolute atomic E-state index is 10.7. The molecular weight excluding hydrogens is 244 g/mol. The van der Waals surface area contributed by atoms with E-state index in [4.69, 9.17) is 10.2 Å². The van der Waals surface area contributed by atoms with Crippen molar-refractivity contribution in [3.05, 3.63) is 59.3 Å². The van der Waals surface area contributed by atoms with Gasteiger partial charge in [-0.2, -0.15) is 0 Å². The number of hydrogen-bond acceptors (Lipinski definition) is 2. The van der Waals surface area contributed by atoms with E-state index in [1.54, 1.807) is 6.07 Å². The summed E-state index contributed by atoms with van der Waals surface area (Å²) in [5.41, 5.74) is 2.26. The molecule has 0 bridgehead atoms. The van der Waals surface area contributed by atoms with Crippen LogP contribution in [0.15, 0.2) is 53.8 Å². The predicted octanol–water partition coefficient (Wildman–Crippen LogP) is 2.55. The van der Waals surface area contributed by atoms with Crippen molar-refractivity contribution in [3.8, 4) is 0 Å². The van der Waals surface area contributed by atoms with Gasteiger partial charge in [0.15, 0.2) is 5.57 Å². The van der Waals surface area contributed by atoms with Gasteiger partial charge in [-0.1, -0.05) is 48.2 Å². The van der Waals surface area contributed by atoms with E-state index in [0.29, 0.717) is 0 Å². The van der Waals surface area contributed by atoms with Gasteiger partial charge < -0.3 is 10.2 Å². The number of carboxylic acid groups (broad SMARTS) is 2. The Morgan fingerprint density at radius 1 is 0.947 bits per heavy atom. The topological polar surface area (TPSA) is 74.6 Å². The van der Waals surface area contributed by atoms with E-state index in [0.717, 1.165) is 16.3 Å². The number of aliphatic carboxylic acids is 2. The third kappa shape index (κ3) is 2.70. The first-order valence-corrected chi connectivity index (χ1v) is 5.50. The molecule has 0 saturated heterocycles. The first kappa shape index (κ1) is 12.6. The summed E-state index contributed by atoms with van der Waals surface area (Å²) in [4.78, 5) is 21.5. The zero-order chi connectivity index (χ0) is 13.8. The Hall–Kier alpha value is -2.84. The van der Waals surface area contributed by atoms with Gasteiger partial charge in [0.25, 0.3) is 0 Å². The van der Waals surface area contributed by atoms with Gasteiger partial charge in [0, 0.05) is 0 Å². The fraction of sp³-hybridized carbons (Fsp3) is 0. The molecule has 0 aromatic heterocycles. The van der Waals surface area contributed by atoms with Crippen molar-refractivity contribution in [2.24, 2.45) is 0 Å². The summed E-state index contributed by atoms with van der Waals surface area (Å²) < 4.78 is 0. The highest BCUT2D eigenvalue weighted by Gasteiger charge is 2.14. The SMILES string of the molecule is O=C(O)C(=C=Cc1cccc2ccccc12)C(=O)O. The van der Waals surface area contributed by atoms with E-state index in [1.165, 1.54) is 6.08 Å². The van der Waals surface area contributed by atoms with Gasteiger partial charge in [-0.3, -0.25) is 0 Å². The van der Waals surface area contributed by atoms with E-state index in [-0.39, 0.29) is 0 Å². The molecule has 2 rings (SSSR count). The first-order valence-electron chi connectivity index (χ1n) is 5.50. The molecule has 0 aliphatic rings. The van der Waals surface area contributed by atoms with Crippen molar-refractivity contribution in [1.29, 1.82) is 0 Å². The average molecular weight is 254 g/mol. The minimum atomic E-state index is -1.51. The molecule has 2 aromatic rings. The Balaban J connectivity index is 2.60. The highest BCUT2D eigenvalue weighted by atomic mass is 16.4. The Labute approximate surface area is 108 Å². The summed E-state index contributed by atoms with van der Waals surface area (Å²) >= 11 is 0. The Kier molecular flexibility index (Phi) is 3.46. The van der Waals surface area contributed by atoms with Crippen LogP contribution in [0.3, 0.4) is 0 Å². The normalized spacial score (nSPS) is 9.68. The van der Waals surface area contributed by atoms with Gasteiger partial charge in [-0.15, -0.1) is 0 Å². The van der Waals surface area contributed by atoms with E-state index < -0.39 is 17.5 Å². The summed E-state index contributed by atoms with van der Waals surface area (Å²) in [5, 5.41) is 19.4. The smallest absolute Gasteiger partial charge is 0.351 e. The van der Waals surface area contributed by atoms with E-state index in [1.807, 2.05) is 36.4 Å². The van der Waals surface area contributed by atoms with Crippen molar-refractivity contribution < 1.29 is 19.8 Å². The summed E-state index contributed by atoms with van der Waals surface area (Å²) in [6.07, 6.45) is 1.37. The number of rotatable bonds is 3. The molecule has 19 heavy (non-hydrogen) atoms. The number of carboxylic acids is 2. The molecule has 94 valence electrons. The van der Waals surface area contributed by atoms with Crippen LogP contribution in [0, 0.1) is 0 Å². The van der Waals surface area contributed by atoms with Gasteiger partial charge in [0.2, 0.25) is 0 Å². The van der Waals surface area contributed by atoms with Crippen LogP contribution in [0.2, 0.25) is 0 Å². The van der Waals surface area contributed by atoms with Crippen LogP contribution in [0.25, 0.3) is 16.8 Å². The summed E-state index contributed by atoms with van der Waals surface area (Å²) in [5.74, 6) is -3.02. The lowest BCUT2D eigenvalue weighted by molar-refractivity contribution is -0.140. The molecule has 0 saturated carbocycles. The number of fused-ring (bicyclic) bond motifs is 1. The second-order valence-corrected chi connectivity index (χ2v) is 3.84. The Morgan fingerprint density at radius 2 is 1.58 bits per heavy atom. The van der Waals surface area contributed by atoms with Crippen LogP contribution in [0.1, 0.15) is 5.56 Å². The molecular formula is C15H10O4. The summed E-state index contributed by atoms with van der Waals surface area (Å²) in [6.45, 7) is 0. The van der Waals surface area contributed by atoms with E-state index in [9.17, 15) is 9.59 Å². The quantitative estimate of drug-likeness (QED) is 0.382. The molecule has 2 aromatic carbocycles. The monoisotopic (exact) mass is 254 g/mol. The second-order valence-electron chi connectivity index (χ2n) is 3.84. The average Bonchev–Trinajstić information content (AvgIpc) is 2.38. The standard InChI is InChI=1S/C15H10O4/c16-14(17)13(15(18)19)9-8-11-6-3-5-10-4-1-2-7-12(10)11/h1-8H,(H,16,17)(H,18,19). The highest BCUT2D eigenvalue weighted by Crippen LogP contribution is 2.19. The molecule has 0 atom stereocenters. The fourth-order valence-corrected chi connectivity index (χ4v) is 1.74. The van der Waals surface area contributed by atoms with Gasteiger partial charge in [-0.05, 0) is 22.4 Å². The van der Waals surface area contributed by atoms with E-state index >= 15 is 0 Å². The number of carbonyl (C=O) groups is 2.